The highest BCUT2D eigenvalue weighted by molar-refractivity contribution is 7.15. The molecule has 2 aliphatic carbocycles. The number of anilines is 1. The van der Waals surface area contributed by atoms with E-state index >= 15 is 0 Å². The largest absolute Gasteiger partial charge is 0.301 e. The van der Waals surface area contributed by atoms with Crippen molar-refractivity contribution in [1.82, 2.24) is 4.98 Å². The number of carbonyl (C=O) groups excluding carboxylic acids is 1. The first-order chi connectivity index (χ1) is 8.73. The number of nitriles is 1. The van der Waals surface area contributed by atoms with Gasteiger partial charge in [-0.3, -0.25) is 4.79 Å². The van der Waals surface area contributed by atoms with E-state index in [2.05, 4.69) is 16.4 Å². The van der Waals surface area contributed by atoms with E-state index in [0.717, 1.165) is 25.0 Å². The van der Waals surface area contributed by atoms with E-state index in [1.54, 1.807) is 11.3 Å². The second kappa shape index (κ2) is 4.36. The summed E-state index contributed by atoms with van der Waals surface area (Å²) in [6.45, 7) is 0. The Labute approximate surface area is 110 Å². The molecule has 5 heteroatoms. The normalized spacial score (nSPS) is 20.4. The van der Waals surface area contributed by atoms with E-state index in [4.69, 9.17) is 5.26 Å². The third-order valence-electron chi connectivity index (χ3n) is 3.92. The van der Waals surface area contributed by atoms with Gasteiger partial charge < -0.3 is 5.32 Å². The molecule has 1 fully saturated rings. The molecule has 0 unspecified atom stereocenters. The molecule has 0 spiro atoms. The first-order valence-electron chi connectivity index (χ1n) is 6.45. The number of carbonyl (C=O) groups is 1. The molecule has 94 valence electrons. The highest BCUT2D eigenvalue weighted by atomic mass is 32.1. The SMILES string of the molecule is N#CC1(C(=O)Nc2nc3c(s2)CCCC3)CCC1. The van der Waals surface area contributed by atoms with E-state index in [1.807, 2.05) is 0 Å². The fourth-order valence-electron chi connectivity index (χ4n) is 2.54. The maximum atomic E-state index is 12.1. The van der Waals surface area contributed by atoms with Crippen molar-refractivity contribution in [2.45, 2.75) is 44.9 Å². The second-order valence-corrected chi connectivity index (χ2v) is 6.18. The molecular weight excluding hydrogens is 246 g/mol. The molecule has 3 rings (SSSR count). The Balaban J connectivity index is 1.75. The van der Waals surface area contributed by atoms with Crippen LogP contribution in [0.5, 0.6) is 0 Å². The van der Waals surface area contributed by atoms with Gasteiger partial charge in [0.25, 0.3) is 0 Å². The molecule has 1 heterocycles. The van der Waals surface area contributed by atoms with Crippen molar-refractivity contribution in [3.63, 3.8) is 0 Å². The molecule has 0 atom stereocenters. The summed E-state index contributed by atoms with van der Waals surface area (Å²) in [5.74, 6) is -0.164. The molecule has 0 bridgehead atoms. The Bertz CT molecular complexity index is 501. The van der Waals surface area contributed by atoms with Gasteiger partial charge in [-0.25, -0.2) is 4.98 Å². The van der Waals surface area contributed by atoms with Crippen LogP contribution in [0.4, 0.5) is 5.13 Å². The van der Waals surface area contributed by atoms with Gasteiger partial charge in [0.1, 0.15) is 5.41 Å². The van der Waals surface area contributed by atoms with Gasteiger partial charge in [-0.2, -0.15) is 5.26 Å². The predicted octanol–water partition coefficient (Wildman–Crippen LogP) is 2.65. The number of nitrogens with one attached hydrogen (secondary N) is 1. The Morgan fingerprint density at radius 1 is 1.33 bits per heavy atom. The van der Waals surface area contributed by atoms with Crippen LogP contribution >= 0.6 is 11.3 Å². The van der Waals surface area contributed by atoms with Crippen LogP contribution in [0.2, 0.25) is 0 Å². The molecule has 0 saturated heterocycles. The van der Waals surface area contributed by atoms with Gasteiger partial charge in [-0.05, 0) is 44.9 Å². The maximum absolute atomic E-state index is 12.1. The van der Waals surface area contributed by atoms with E-state index in [9.17, 15) is 4.79 Å². The van der Waals surface area contributed by atoms with Crippen molar-refractivity contribution < 1.29 is 4.79 Å². The van der Waals surface area contributed by atoms with Gasteiger partial charge in [-0.1, -0.05) is 0 Å². The molecule has 1 saturated carbocycles. The first kappa shape index (κ1) is 11.7. The zero-order valence-electron chi connectivity index (χ0n) is 10.2. The molecule has 1 aromatic rings. The zero-order chi connectivity index (χ0) is 12.6. The van der Waals surface area contributed by atoms with Gasteiger partial charge in [0.2, 0.25) is 5.91 Å². The third kappa shape index (κ3) is 1.81. The molecule has 0 radical (unpaired) electrons. The lowest BCUT2D eigenvalue weighted by Crippen LogP contribution is -2.40. The third-order valence-corrected chi connectivity index (χ3v) is 4.99. The molecule has 1 N–H and O–H groups in total. The van der Waals surface area contributed by atoms with Gasteiger partial charge in [-0.15, -0.1) is 11.3 Å². The summed E-state index contributed by atoms with van der Waals surface area (Å²) in [5.41, 5.74) is 0.354. The average molecular weight is 261 g/mol. The van der Waals surface area contributed by atoms with Crippen molar-refractivity contribution in [3.05, 3.63) is 10.6 Å². The van der Waals surface area contributed by atoms with E-state index in [1.165, 1.54) is 17.7 Å². The number of amides is 1. The lowest BCUT2D eigenvalue weighted by molar-refractivity contribution is -0.126. The van der Waals surface area contributed by atoms with E-state index in [-0.39, 0.29) is 5.91 Å². The van der Waals surface area contributed by atoms with Crippen molar-refractivity contribution in [2.24, 2.45) is 5.41 Å². The summed E-state index contributed by atoms with van der Waals surface area (Å²) in [6.07, 6.45) is 6.82. The van der Waals surface area contributed by atoms with Gasteiger partial charge in [0, 0.05) is 4.88 Å². The molecule has 4 nitrogen and oxygen atoms in total. The Hall–Kier alpha value is -1.41. The van der Waals surface area contributed by atoms with Crippen LogP contribution in [-0.2, 0) is 17.6 Å². The monoisotopic (exact) mass is 261 g/mol. The standard InChI is InChI=1S/C13H15N3OS/c14-8-13(6-3-7-13)11(17)16-12-15-9-4-1-2-5-10(9)18-12/h1-7H2,(H,15,16,17). The lowest BCUT2D eigenvalue weighted by atomic mass is 9.69. The smallest absolute Gasteiger partial charge is 0.246 e. The Morgan fingerprint density at radius 2 is 2.11 bits per heavy atom. The van der Waals surface area contributed by atoms with Gasteiger partial charge >= 0.3 is 0 Å². The van der Waals surface area contributed by atoms with Crippen LogP contribution in [0.15, 0.2) is 0 Å². The highest BCUT2D eigenvalue weighted by Gasteiger charge is 2.45. The van der Waals surface area contributed by atoms with Crippen LogP contribution in [0.25, 0.3) is 0 Å². The van der Waals surface area contributed by atoms with Crippen LogP contribution in [0.1, 0.15) is 42.7 Å². The van der Waals surface area contributed by atoms with E-state index in [0.29, 0.717) is 18.0 Å². The van der Waals surface area contributed by atoms with Crippen LogP contribution in [0, 0.1) is 16.7 Å². The molecule has 0 aromatic carbocycles. The van der Waals surface area contributed by atoms with Crippen molar-refractivity contribution >= 4 is 22.4 Å². The maximum Gasteiger partial charge on any atom is 0.246 e. The van der Waals surface area contributed by atoms with Crippen LogP contribution in [0.3, 0.4) is 0 Å². The molecule has 2 aliphatic rings. The minimum Gasteiger partial charge on any atom is -0.301 e. The Kier molecular flexibility index (Phi) is 2.83. The van der Waals surface area contributed by atoms with Crippen molar-refractivity contribution in [1.29, 1.82) is 5.26 Å². The number of nitrogens with zero attached hydrogens (tertiary/aromatic N) is 2. The first-order valence-corrected chi connectivity index (χ1v) is 7.26. The molecular formula is C13H15N3OS. The number of fused-ring (bicyclic) bond motifs is 1. The average Bonchev–Trinajstić information content (AvgIpc) is 2.70. The zero-order valence-corrected chi connectivity index (χ0v) is 11.0. The quantitative estimate of drug-likeness (QED) is 0.890. The topological polar surface area (TPSA) is 65.8 Å². The Morgan fingerprint density at radius 3 is 2.72 bits per heavy atom. The number of rotatable bonds is 2. The van der Waals surface area contributed by atoms with Crippen molar-refractivity contribution in [2.75, 3.05) is 5.32 Å². The molecule has 0 aliphatic heterocycles. The minimum atomic E-state index is -0.786. The van der Waals surface area contributed by atoms with E-state index < -0.39 is 5.41 Å². The number of aromatic nitrogens is 1. The van der Waals surface area contributed by atoms with Gasteiger partial charge in [0.05, 0.1) is 11.8 Å². The van der Waals surface area contributed by atoms with Crippen LogP contribution < -0.4 is 5.32 Å². The summed E-state index contributed by atoms with van der Waals surface area (Å²) in [6, 6.07) is 2.16. The molecule has 1 aromatic heterocycles. The predicted molar refractivity (Wildman–Crippen MR) is 69.3 cm³/mol. The summed E-state index contributed by atoms with van der Waals surface area (Å²) in [5, 5.41) is 12.6. The summed E-state index contributed by atoms with van der Waals surface area (Å²) in [4.78, 5) is 17.9. The summed E-state index contributed by atoms with van der Waals surface area (Å²) in [7, 11) is 0. The van der Waals surface area contributed by atoms with Crippen LogP contribution in [-0.4, -0.2) is 10.9 Å². The molecule has 18 heavy (non-hydrogen) atoms. The molecule has 1 amide bonds. The second-order valence-electron chi connectivity index (χ2n) is 5.10. The van der Waals surface area contributed by atoms with Gasteiger partial charge in [0.15, 0.2) is 5.13 Å². The lowest BCUT2D eigenvalue weighted by Gasteiger charge is -2.32. The fraction of sp³-hybridized carbons (Fsp3) is 0.615. The summed E-state index contributed by atoms with van der Waals surface area (Å²) < 4.78 is 0. The summed E-state index contributed by atoms with van der Waals surface area (Å²) >= 11 is 1.57. The minimum absolute atomic E-state index is 0.164. The fourth-order valence-corrected chi connectivity index (χ4v) is 3.59. The highest BCUT2D eigenvalue weighted by Crippen LogP contribution is 2.41. The van der Waals surface area contributed by atoms with Crippen molar-refractivity contribution in [3.8, 4) is 6.07 Å². The number of thiazole rings is 1. The number of hydrogen-bond acceptors (Lipinski definition) is 4. The number of aryl methyl sites for hydroxylation is 2. The number of hydrogen-bond donors (Lipinski definition) is 1.